The topological polar surface area (TPSA) is 94.1 Å². The first kappa shape index (κ1) is 16.9. The van der Waals surface area contributed by atoms with Gasteiger partial charge in [-0.15, -0.1) is 0 Å². The molecule has 2 heterocycles. The second-order valence-corrected chi connectivity index (χ2v) is 5.94. The average Bonchev–Trinajstić information content (AvgIpc) is 2.95. The number of oxazole rings is 1. The zero-order valence-corrected chi connectivity index (χ0v) is 14.4. The molecule has 2 aromatic heterocycles. The minimum Gasteiger partial charge on any atom is -0.438 e. The van der Waals surface area contributed by atoms with E-state index in [1.54, 1.807) is 19.1 Å². The van der Waals surface area contributed by atoms with E-state index < -0.39 is 4.92 Å². The molecule has 3 rings (SSSR count). The summed E-state index contributed by atoms with van der Waals surface area (Å²) in [5, 5.41) is 14.5. The van der Waals surface area contributed by atoms with Crippen molar-refractivity contribution in [2.75, 3.05) is 5.32 Å². The molecule has 0 fully saturated rings. The van der Waals surface area contributed by atoms with Crippen LogP contribution >= 0.6 is 11.6 Å². The van der Waals surface area contributed by atoms with Gasteiger partial charge in [0, 0.05) is 16.7 Å². The van der Waals surface area contributed by atoms with E-state index in [-0.39, 0.29) is 5.69 Å². The van der Waals surface area contributed by atoms with E-state index in [1.807, 2.05) is 19.1 Å². The summed E-state index contributed by atoms with van der Waals surface area (Å²) in [5.74, 6) is 1.73. The Labute approximate surface area is 148 Å². The zero-order chi connectivity index (χ0) is 18.0. The number of hydrogen-bond donors (Lipinski definition) is 1. The van der Waals surface area contributed by atoms with Crippen molar-refractivity contribution in [3.63, 3.8) is 0 Å². The predicted molar refractivity (Wildman–Crippen MR) is 94.6 cm³/mol. The summed E-state index contributed by atoms with van der Waals surface area (Å²) in [4.78, 5) is 18.8. The number of pyridine rings is 1. The third kappa shape index (κ3) is 3.77. The molecule has 0 spiro atoms. The Balaban J connectivity index is 1.75. The first-order valence-electron chi connectivity index (χ1n) is 7.51. The van der Waals surface area contributed by atoms with E-state index in [4.69, 9.17) is 16.0 Å². The maximum Gasteiger partial charge on any atom is 0.287 e. The van der Waals surface area contributed by atoms with Crippen LogP contribution in [0.3, 0.4) is 0 Å². The standard InChI is InChI=1S/C17H15ClN4O3/c1-10-7-14(22(23)24)8-19-17(10)20-9-15-21-11(2)16(25-15)12-3-5-13(18)6-4-12/h3-8H,9H2,1-2H3,(H,19,20). The number of nitrogens with one attached hydrogen (secondary N) is 1. The molecule has 0 saturated carbocycles. The number of anilines is 1. The van der Waals surface area contributed by atoms with Crippen molar-refractivity contribution in [3.05, 3.63) is 68.8 Å². The monoisotopic (exact) mass is 358 g/mol. The highest BCUT2D eigenvalue weighted by Gasteiger charge is 2.13. The van der Waals surface area contributed by atoms with Crippen LogP contribution in [-0.2, 0) is 6.54 Å². The summed E-state index contributed by atoms with van der Waals surface area (Å²) < 4.78 is 5.81. The summed E-state index contributed by atoms with van der Waals surface area (Å²) in [6.07, 6.45) is 1.22. The molecule has 128 valence electrons. The Morgan fingerprint density at radius 3 is 2.64 bits per heavy atom. The number of nitrogens with zero attached hydrogens (tertiary/aromatic N) is 3. The lowest BCUT2D eigenvalue weighted by atomic mass is 10.1. The molecular weight excluding hydrogens is 344 g/mol. The molecule has 0 unspecified atom stereocenters. The number of hydrogen-bond acceptors (Lipinski definition) is 6. The maximum absolute atomic E-state index is 10.8. The van der Waals surface area contributed by atoms with Crippen LogP contribution in [0.25, 0.3) is 11.3 Å². The van der Waals surface area contributed by atoms with E-state index >= 15 is 0 Å². The fourth-order valence-electron chi connectivity index (χ4n) is 2.40. The second kappa shape index (κ2) is 6.90. The Morgan fingerprint density at radius 2 is 2.00 bits per heavy atom. The molecule has 0 saturated heterocycles. The summed E-state index contributed by atoms with van der Waals surface area (Å²) in [6, 6.07) is 8.79. The fraction of sp³-hybridized carbons (Fsp3) is 0.176. The van der Waals surface area contributed by atoms with Gasteiger partial charge in [-0.2, -0.15) is 0 Å². The van der Waals surface area contributed by atoms with Crippen LogP contribution < -0.4 is 5.32 Å². The number of aryl methyl sites for hydroxylation is 2. The van der Waals surface area contributed by atoms with Crippen LogP contribution in [0, 0.1) is 24.0 Å². The third-order valence-electron chi connectivity index (χ3n) is 3.63. The summed E-state index contributed by atoms with van der Waals surface area (Å²) >= 11 is 5.90. The van der Waals surface area contributed by atoms with Crippen molar-refractivity contribution in [1.29, 1.82) is 0 Å². The number of aromatic nitrogens is 2. The summed E-state index contributed by atoms with van der Waals surface area (Å²) in [7, 11) is 0. The zero-order valence-electron chi connectivity index (χ0n) is 13.6. The second-order valence-electron chi connectivity index (χ2n) is 5.50. The first-order chi connectivity index (χ1) is 11.9. The van der Waals surface area contributed by atoms with Gasteiger partial charge in [0.25, 0.3) is 5.69 Å². The van der Waals surface area contributed by atoms with Crippen molar-refractivity contribution >= 4 is 23.1 Å². The molecule has 0 aliphatic heterocycles. The van der Waals surface area contributed by atoms with Crippen molar-refractivity contribution in [2.24, 2.45) is 0 Å². The predicted octanol–water partition coefficient (Wildman–Crippen LogP) is 4.53. The van der Waals surface area contributed by atoms with E-state index in [1.165, 1.54) is 12.3 Å². The molecule has 0 bridgehead atoms. The lowest BCUT2D eigenvalue weighted by Gasteiger charge is -2.05. The van der Waals surface area contributed by atoms with Crippen LogP contribution in [0.5, 0.6) is 0 Å². The van der Waals surface area contributed by atoms with Gasteiger partial charge in [-0.3, -0.25) is 10.1 Å². The van der Waals surface area contributed by atoms with E-state index in [2.05, 4.69) is 15.3 Å². The lowest BCUT2D eigenvalue weighted by Crippen LogP contribution is -2.04. The van der Waals surface area contributed by atoms with E-state index in [0.29, 0.717) is 34.6 Å². The van der Waals surface area contributed by atoms with E-state index in [9.17, 15) is 10.1 Å². The molecule has 1 aromatic carbocycles. The minimum atomic E-state index is -0.473. The Morgan fingerprint density at radius 1 is 1.28 bits per heavy atom. The highest BCUT2D eigenvalue weighted by molar-refractivity contribution is 6.30. The Hall–Kier alpha value is -2.93. The number of rotatable bonds is 5. The van der Waals surface area contributed by atoms with Gasteiger partial charge in [-0.25, -0.2) is 9.97 Å². The SMILES string of the molecule is Cc1cc([N+](=O)[O-])cnc1NCc1nc(C)c(-c2ccc(Cl)cc2)o1. The van der Waals surface area contributed by atoms with E-state index in [0.717, 1.165) is 11.3 Å². The van der Waals surface area contributed by atoms with Crippen molar-refractivity contribution in [3.8, 4) is 11.3 Å². The number of halogens is 1. The van der Waals surface area contributed by atoms with Gasteiger partial charge >= 0.3 is 0 Å². The fourth-order valence-corrected chi connectivity index (χ4v) is 2.53. The number of benzene rings is 1. The average molecular weight is 359 g/mol. The lowest BCUT2D eigenvalue weighted by molar-refractivity contribution is -0.385. The smallest absolute Gasteiger partial charge is 0.287 e. The summed E-state index contributed by atoms with van der Waals surface area (Å²) in [6.45, 7) is 3.94. The normalized spacial score (nSPS) is 10.7. The number of nitro groups is 1. The molecule has 8 heteroatoms. The molecule has 0 aliphatic rings. The van der Waals surface area contributed by atoms with Crippen molar-refractivity contribution in [1.82, 2.24) is 9.97 Å². The highest BCUT2D eigenvalue weighted by atomic mass is 35.5. The molecule has 0 radical (unpaired) electrons. The van der Waals surface area contributed by atoms with Crippen LogP contribution in [0.15, 0.2) is 40.9 Å². The molecule has 1 N–H and O–H groups in total. The van der Waals surface area contributed by atoms with Gasteiger partial charge in [0.1, 0.15) is 12.0 Å². The van der Waals surface area contributed by atoms with Gasteiger partial charge in [0.05, 0.1) is 17.2 Å². The molecular formula is C17H15ClN4O3. The first-order valence-corrected chi connectivity index (χ1v) is 7.89. The van der Waals surface area contributed by atoms with Crippen LogP contribution in [0.4, 0.5) is 11.5 Å². The van der Waals surface area contributed by atoms with Gasteiger partial charge in [-0.05, 0) is 43.7 Å². The quantitative estimate of drug-likeness (QED) is 0.532. The van der Waals surface area contributed by atoms with Crippen molar-refractivity contribution in [2.45, 2.75) is 20.4 Å². The molecule has 0 atom stereocenters. The van der Waals surface area contributed by atoms with Gasteiger partial charge in [-0.1, -0.05) is 11.6 Å². The van der Waals surface area contributed by atoms with Crippen molar-refractivity contribution < 1.29 is 9.34 Å². The van der Waals surface area contributed by atoms with Crippen LogP contribution in [0.1, 0.15) is 17.1 Å². The van der Waals surface area contributed by atoms with Crippen LogP contribution in [-0.4, -0.2) is 14.9 Å². The Kier molecular flexibility index (Phi) is 4.67. The van der Waals surface area contributed by atoms with Gasteiger partial charge in [0.15, 0.2) is 5.76 Å². The Bertz CT molecular complexity index is 922. The van der Waals surface area contributed by atoms with Crippen LogP contribution in [0.2, 0.25) is 5.02 Å². The van der Waals surface area contributed by atoms with Gasteiger partial charge in [0.2, 0.25) is 5.89 Å². The van der Waals surface area contributed by atoms with Gasteiger partial charge < -0.3 is 9.73 Å². The molecule has 25 heavy (non-hydrogen) atoms. The highest BCUT2D eigenvalue weighted by Crippen LogP contribution is 2.26. The molecule has 3 aromatic rings. The largest absolute Gasteiger partial charge is 0.438 e. The maximum atomic E-state index is 10.8. The molecule has 7 nitrogen and oxygen atoms in total. The molecule has 0 amide bonds. The third-order valence-corrected chi connectivity index (χ3v) is 3.88. The molecule has 0 aliphatic carbocycles. The minimum absolute atomic E-state index is 0.0416. The summed E-state index contributed by atoms with van der Waals surface area (Å²) in [5.41, 5.74) is 2.30.